The number of nitrogens with one attached hydrogen (secondary N) is 4. The van der Waals surface area contributed by atoms with Crippen molar-refractivity contribution in [2.24, 2.45) is 0 Å². The summed E-state index contributed by atoms with van der Waals surface area (Å²) < 4.78 is 5.27. The smallest absolute Gasteiger partial charge is 0.412 e. The van der Waals surface area contributed by atoms with E-state index in [1.165, 1.54) is 20.8 Å². The first-order valence-corrected chi connectivity index (χ1v) is 15.1. The molecule has 0 saturated carbocycles. The number of carbonyl (C=O) groups excluding carboxylic acids is 4. The normalized spacial score (nSPS) is 12.6. The summed E-state index contributed by atoms with van der Waals surface area (Å²) in [6, 6.07) is 29.1. The standard InChI is InChI=1S/C36H38N4O7/c1-22(41)33(43)37-29-12-4-25(5-13-29)20-27-8-16-31(17-9-27)39-35(45)24(3)47-36(46)40-32-18-10-28(11-19-32)21-26-6-14-30(15-7-26)38-34(44)23(2)42/h4-19,22-24,41-42H,20-21H2,1-3H3,(H,37,43)(H,38,44)(H,39,45)(H,40,46). The zero-order valence-electron chi connectivity index (χ0n) is 26.3. The summed E-state index contributed by atoms with van der Waals surface area (Å²) in [5.74, 6) is -1.42. The predicted octanol–water partition coefficient (Wildman–Crippen LogP) is 5.08. The molecule has 4 amide bonds. The van der Waals surface area contributed by atoms with Gasteiger partial charge >= 0.3 is 6.09 Å². The van der Waals surface area contributed by atoms with E-state index in [4.69, 9.17) is 4.74 Å². The molecule has 244 valence electrons. The van der Waals surface area contributed by atoms with E-state index >= 15 is 0 Å². The van der Waals surface area contributed by atoms with Gasteiger partial charge in [-0.25, -0.2) is 4.79 Å². The third-order valence-electron chi connectivity index (χ3n) is 7.09. The summed E-state index contributed by atoms with van der Waals surface area (Å²) >= 11 is 0. The molecule has 0 saturated heterocycles. The highest BCUT2D eigenvalue weighted by molar-refractivity contribution is 5.96. The Morgan fingerprint density at radius 2 is 0.766 bits per heavy atom. The van der Waals surface area contributed by atoms with Crippen LogP contribution in [0.4, 0.5) is 27.5 Å². The first-order valence-electron chi connectivity index (χ1n) is 15.1. The van der Waals surface area contributed by atoms with Crippen molar-refractivity contribution in [2.75, 3.05) is 21.3 Å². The number of aliphatic hydroxyl groups excluding tert-OH is 2. The van der Waals surface area contributed by atoms with Crippen molar-refractivity contribution in [3.8, 4) is 0 Å². The molecule has 0 aliphatic carbocycles. The highest BCUT2D eigenvalue weighted by atomic mass is 16.6. The Bertz CT molecular complexity index is 1670. The Morgan fingerprint density at radius 3 is 1.06 bits per heavy atom. The predicted molar refractivity (Wildman–Crippen MR) is 180 cm³/mol. The molecule has 11 nitrogen and oxygen atoms in total. The minimum absolute atomic E-state index is 0.470. The number of amides is 4. The molecule has 0 aliphatic rings. The highest BCUT2D eigenvalue weighted by Crippen LogP contribution is 2.18. The second-order valence-corrected chi connectivity index (χ2v) is 11.1. The van der Waals surface area contributed by atoms with E-state index in [9.17, 15) is 29.4 Å². The van der Waals surface area contributed by atoms with Crippen molar-refractivity contribution in [3.05, 3.63) is 119 Å². The van der Waals surface area contributed by atoms with E-state index < -0.39 is 42.1 Å². The molecule has 4 aromatic carbocycles. The number of hydrogen-bond acceptors (Lipinski definition) is 7. The van der Waals surface area contributed by atoms with Crippen LogP contribution in [0.3, 0.4) is 0 Å². The van der Waals surface area contributed by atoms with Crippen LogP contribution in [-0.2, 0) is 32.0 Å². The quantitative estimate of drug-likeness (QED) is 0.126. The third kappa shape index (κ3) is 10.8. The second-order valence-electron chi connectivity index (χ2n) is 11.1. The van der Waals surface area contributed by atoms with Crippen LogP contribution >= 0.6 is 0 Å². The topological polar surface area (TPSA) is 166 Å². The Morgan fingerprint density at radius 1 is 0.489 bits per heavy atom. The number of ether oxygens (including phenoxy) is 1. The molecule has 0 heterocycles. The first kappa shape index (κ1) is 34.4. The van der Waals surface area contributed by atoms with Crippen LogP contribution in [0.1, 0.15) is 43.0 Å². The summed E-state index contributed by atoms with van der Waals surface area (Å²) in [4.78, 5) is 48.3. The van der Waals surface area contributed by atoms with Crippen molar-refractivity contribution in [1.29, 1.82) is 0 Å². The van der Waals surface area contributed by atoms with E-state index in [0.717, 1.165) is 22.3 Å². The largest absolute Gasteiger partial charge is 0.436 e. The van der Waals surface area contributed by atoms with Crippen LogP contribution in [0.5, 0.6) is 0 Å². The van der Waals surface area contributed by atoms with Gasteiger partial charge < -0.3 is 30.9 Å². The van der Waals surface area contributed by atoms with Gasteiger partial charge in [-0.15, -0.1) is 0 Å². The fourth-order valence-corrected chi connectivity index (χ4v) is 4.39. The molecular formula is C36H38N4O7. The maximum atomic E-state index is 12.7. The Balaban J connectivity index is 1.20. The van der Waals surface area contributed by atoms with Gasteiger partial charge in [-0.3, -0.25) is 19.7 Å². The number of aliphatic hydroxyl groups is 2. The minimum atomic E-state index is -1.09. The molecule has 47 heavy (non-hydrogen) atoms. The van der Waals surface area contributed by atoms with Crippen LogP contribution in [0.15, 0.2) is 97.1 Å². The molecule has 0 radical (unpaired) electrons. The van der Waals surface area contributed by atoms with E-state index in [-0.39, 0.29) is 0 Å². The lowest BCUT2D eigenvalue weighted by Gasteiger charge is -2.14. The van der Waals surface area contributed by atoms with Gasteiger partial charge in [0.05, 0.1) is 0 Å². The van der Waals surface area contributed by atoms with Gasteiger partial charge in [0.25, 0.3) is 17.7 Å². The van der Waals surface area contributed by atoms with Crippen molar-refractivity contribution >= 4 is 46.6 Å². The van der Waals surface area contributed by atoms with Gasteiger partial charge in [-0.1, -0.05) is 48.5 Å². The number of anilines is 4. The SMILES string of the molecule is CC(O)C(=O)Nc1ccc(Cc2ccc(NC(=O)OC(C)C(=O)Nc3ccc(Cc4ccc(NC(=O)C(C)O)cc4)cc3)cc2)cc1. The maximum Gasteiger partial charge on any atom is 0.412 e. The fraction of sp³-hybridized carbons (Fsp3) is 0.222. The van der Waals surface area contributed by atoms with Crippen LogP contribution < -0.4 is 21.3 Å². The summed E-state index contributed by atoms with van der Waals surface area (Å²) in [6.45, 7) is 4.29. The molecule has 0 fully saturated rings. The molecule has 4 aromatic rings. The average molecular weight is 639 g/mol. The second kappa shape index (κ2) is 16.2. The van der Waals surface area contributed by atoms with Gasteiger partial charge in [-0.2, -0.15) is 0 Å². The molecule has 11 heteroatoms. The zero-order chi connectivity index (χ0) is 33.9. The highest BCUT2D eigenvalue weighted by Gasteiger charge is 2.18. The van der Waals surface area contributed by atoms with Gasteiger partial charge in [0.1, 0.15) is 12.2 Å². The van der Waals surface area contributed by atoms with Crippen LogP contribution in [-0.4, -0.2) is 52.3 Å². The van der Waals surface area contributed by atoms with E-state index in [1.54, 1.807) is 48.5 Å². The molecule has 6 N–H and O–H groups in total. The Kier molecular flexibility index (Phi) is 11.8. The monoisotopic (exact) mass is 638 g/mol. The number of carbonyl (C=O) groups is 4. The summed E-state index contributed by atoms with van der Waals surface area (Å²) in [7, 11) is 0. The van der Waals surface area contributed by atoms with Gasteiger partial charge in [0, 0.05) is 22.7 Å². The van der Waals surface area contributed by atoms with Crippen molar-refractivity contribution in [3.63, 3.8) is 0 Å². The van der Waals surface area contributed by atoms with Gasteiger partial charge in [-0.05, 0) is 104 Å². The lowest BCUT2D eigenvalue weighted by Crippen LogP contribution is -2.31. The van der Waals surface area contributed by atoms with Gasteiger partial charge in [0.15, 0.2) is 6.10 Å². The molecule has 3 unspecified atom stereocenters. The lowest BCUT2D eigenvalue weighted by molar-refractivity contribution is -0.123. The molecule has 4 rings (SSSR count). The fourth-order valence-electron chi connectivity index (χ4n) is 4.39. The van der Waals surface area contributed by atoms with Crippen LogP contribution in [0, 0.1) is 0 Å². The Hall–Kier alpha value is -5.52. The van der Waals surface area contributed by atoms with E-state index in [2.05, 4.69) is 21.3 Å². The van der Waals surface area contributed by atoms with Crippen LogP contribution in [0.2, 0.25) is 0 Å². The number of hydrogen-bond donors (Lipinski definition) is 6. The number of rotatable bonds is 12. The van der Waals surface area contributed by atoms with Gasteiger partial charge in [0.2, 0.25) is 0 Å². The summed E-state index contributed by atoms with van der Waals surface area (Å²) in [5.41, 5.74) is 6.31. The van der Waals surface area contributed by atoms with E-state index in [1.807, 2.05) is 48.5 Å². The molecule has 3 atom stereocenters. The number of benzene rings is 4. The Labute approximate surface area is 273 Å². The summed E-state index contributed by atoms with van der Waals surface area (Å²) in [5, 5.41) is 29.3. The molecule has 0 aliphatic heterocycles. The third-order valence-corrected chi connectivity index (χ3v) is 7.09. The maximum absolute atomic E-state index is 12.7. The average Bonchev–Trinajstić information content (AvgIpc) is 3.04. The van der Waals surface area contributed by atoms with Crippen molar-refractivity contribution in [2.45, 2.75) is 51.9 Å². The van der Waals surface area contributed by atoms with Crippen LogP contribution in [0.25, 0.3) is 0 Å². The van der Waals surface area contributed by atoms with Crippen molar-refractivity contribution in [1.82, 2.24) is 0 Å². The molecular weight excluding hydrogens is 600 g/mol. The molecule has 0 bridgehead atoms. The first-order chi connectivity index (χ1) is 22.4. The minimum Gasteiger partial charge on any atom is -0.436 e. The summed E-state index contributed by atoms with van der Waals surface area (Å²) in [6.07, 6.45) is -2.72. The van der Waals surface area contributed by atoms with E-state index in [0.29, 0.717) is 35.6 Å². The molecule has 0 spiro atoms. The van der Waals surface area contributed by atoms with Crippen molar-refractivity contribution < 1.29 is 34.1 Å². The lowest BCUT2D eigenvalue weighted by atomic mass is 10.0. The zero-order valence-corrected chi connectivity index (χ0v) is 26.3. The molecule has 0 aromatic heterocycles.